The van der Waals surface area contributed by atoms with Gasteiger partial charge in [0.15, 0.2) is 0 Å². The van der Waals surface area contributed by atoms with E-state index in [9.17, 15) is 27.5 Å². The molecule has 0 radical (unpaired) electrons. The molecule has 5 aromatic rings. The van der Waals surface area contributed by atoms with E-state index in [-0.39, 0.29) is 45.9 Å². The average Bonchev–Trinajstić information content (AvgIpc) is 3.77. The summed E-state index contributed by atoms with van der Waals surface area (Å²) >= 11 is 6.26. The van der Waals surface area contributed by atoms with E-state index in [0.29, 0.717) is 42.4 Å². The normalized spacial score (nSPS) is 21.9. The van der Waals surface area contributed by atoms with E-state index >= 15 is 0 Å². The van der Waals surface area contributed by atoms with Gasteiger partial charge in [0.05, 0.1) is 33.7 Å². The second-order valence-corrected chi connectivity index (χ2v) is 24.9. The SMILES string of the molecule is C=S(C)(=O)C1CCC(C[C@H]2COc3cc(S(=O)(=O)NC(=O)c4ccc(N5CCN(CC6=C(c7ccc(Cl)cc7)CC(C)(C)CC6)CC5)cc4Oc4cnc5[nH]ccc5c4)cc([N+](=O)[O-])c3C2)CC1. The van der Waals surface area contributed by atoms with Crippen molar-refractivity contribution in [2.45, 2.75) is 81.8 Å². The summed E-state index contributed by atoms with van der Waals surface area (Å²) in [4.78, 5) is 37.7. The zero-order valence-corrected chi connectivity index (χ0v) is 41.2. The van der Waals surface area contributed by atoms with Gasteiger partial charge in [-0.1, -0.05) is 43.2 Å². The Morgan fingerprint density at radius 1 is 1.01 bits per heavy atom. The fraction of sp³-hybridized carbons (Fsp3) is 0.431. The molecule has 2 fully saturated rings. The first-order valence-corrected chi connectivity index (χ1v) is 27.4. The molecule has 4 aliphatic rings. The number of fused-ring (bicyclic) bond motifs is 2. The lowest BCUT2D eigenvalue weighted by atomic mass is 9.72. The first-order valence-electron chi connectivity index (χ1n) is 23.4. The number of nitrogens with zero attached hydrogens (tertiary/aromatic N) is 4. The highest BCUT2D eigenvalue weighted by atomic mass is 35.5. The van der Waals surface area contributed by atoms with Crippen LogP contribution in [0.2, 0.25) is 5.02 Å². The van der Waals surface area contributed by atoms with Gasteiger partial charge in [0.25, 0.3) is 21.6 Å². The number of ether oxygens (including phenoxy) is 2. The number of benzene rings is 3. The summed E-state index contributed by atoms with van der Waals surface area (Å²) in [5.74, 6) is 3.84. The summed E-state index contributed by atoms with van der Waals surface area (Å²) < 4.78 is 55.1. The van der Waals surface area contributed by atoms with Crippen molar-refractivity contribution in [2.24, 2.45) is 17.3 Å². The topological polar surface area (TPSA) is 177 Å². The number of halogens is 1. The Morgan fingerprint density at radius 3 is 2.49 bits per heavy atom. The van der Waals surface area contributed by atoms with Gasteiger partial charge < -0.3 is 19.4 Å². The molecule has 4 heterocycles. The second kappa shape index (κ2) is 19.2. The third-order valence-electron chi connectivity index (χ3n) is 14.4. The number of nitrogens with one attached hydrogen (secondary N) is 2. The lowest BCUT2D eigenvalue weighted by Crippen LogP contribution is -2.47. The third-order valence-corrected chi connectivity index (χ3v) is 17.8. The van der Waals surface area contributed by atoms with Crippen molar-refractivity contribution in [2.75, 3.05) is 50.5 Å². The van der Waals surface area contributed by atoms with Crippen LogP contribution in [0.15, 0.2) is 89.6 Å². The highest BCUT2D eigenvalue weighted by Crippen LogP contribution is 2.44. The molecule has 1 unspecified atom stereocenters. The Balaban J connectivity index is 0.919. The fourth-order valence-electron chi connectivity index (χ4n) is 10.5. The van der Waals surface area contributed by atoms with Crippen molar-refractivity contribution in [1.29, 1.82) is 0 Å². The molecule has 2 aromatic heterocycles. The molecule has 0 bridgehead atoms. The molecular weight excluding hydrogens is 924 g/mol. The number of hydrogen-bond acceptors (Lipinski definition) is 11. The molecule has 14 nitrogen and oxygen atoms in total. The lowest BCUT2D eigenvalue weighted by molar-refractivity contribution is -0.386. The number of anilines is 1. The van der Waals surface area contributed by atoms with Crippen LogP contribution in [0.25, 0.3) is 16.6 Å². The van der Waals surface area contributed by atoms with E-state index in [0.717, 1.165) is 93.2 Å². The first-order chi connectivity index (χ1) is 32.4. The molecule has 3 aromatic carbocycles. The number of aromatic nitrogens is 2. The van der Waals surface area contributed by atoms with Gasteiger partial charge in [-0.2, -0.15) is 0 Å². The first kappa shape index (κ1) is 47.6. The second-order valence-electron chi connectivity index (χ2n) is 20.0. The van der Waals surface area contributed by atoms with Crippen LogP contribution in [0.3, 0.4) is 0 Å². The van der Waals surface area contributed by atoms with Crippen LogP contribution in [0.4, 0.5) is 11.4 Å². The molecule has 1 saturated heterocycles. The molecule has 360 valence electrons. The van der Waals surface area contributed by atoms with Crippen molar-refractivity contribution in [1.82, 2.24) is 19.6 Å². The molecule has 1 amide bonds. The number of pyridine rings is 1. The summed E-state index contributed by atoms with van der Waals surface area (Å²) in [5.41, 5.74) is 5.66. The number of H-pyrrole nitrogens is 1. The number of piperazine rings is 1. The monoisotopic (exact) mass is 982 g/mol. The number of sulfonamides is 1. The number of allylic oxidation sites excluding steroid dienone is 1. The van der Waals surface area contributed by atoms with Gasteiger partial charge in [0, 0.05) is 84.7 Å². The standard InChI is InChI=1S/C51H59ClN6O8S2/c1-51(2)17-15-37(45(29-51)35-7-9-38(52)10-8-35)31-56-19-21-57(22-20-56)39-11-14-43(48(26-39)66-40-25-36-16-18-53-49(36)54-30-40)50(59)55-68(63,64)42-27-46(58(60)61)44-24-34(32-65-47(44)28-42)23-33-5-12-41(13-6-33)67(3,4)62/h7-11,14,16,18,25-28,30,33-34,41H,3,5-6,12-13,15,17,19-24,29,31-32H2,1-2,4H3,(H,53,54)(H,55,59)/t33?,34-,41?,67?/m1/s1. The van der Waals surface area contributed by atoms with E-state index in [1.165, 1.54) is 29.0 Å². The van der Waals surface area contributed by atoms with Gasteiger partial charge in [-0.25, -0.2) is 18.1 Å². The fourth-order valence-corrected chi connectivity index (χ4v) is 12.9. The Kier molecular flexibility index (Phi) is 13.4. The molecule has 2 atom stereocenters. The van der Waals surface area contributed by atoms with E-state index in [1.54, 1.807) is 36.7 Å². The zero-order valence-electron chi connectivity index (χ0n) is 38.8. The smallest absolute Gasteiger partial charge is 0.277 e. The van der Waals surface area contributed by atoms with Crippen molar-refractivity contribution < 1.29 is 31.8 Å². The van der Waals surface area contributed by atoms with Gasteiger partial charge in [-0.15, -0.1) is 0 Å². The molecule has 2 aliphatic carbocycles. The van der Waals surface area contributed by atoms with Crippen LogP contribution in [0, 0.1) is 27.4 Å². The minimum atomic E-state index is -4.65. The Morgan fingerprint density at radius 2 is 1.76 bits per heavy atom. The van der Waals surface area contributed by atoms with Crippen LogP contribution < -0.4 is 19.1 Å². The summed E-state index contributed by atoms with van der Waals surface area (Å²) in [6.07, 6.45) is 12.8. The van der Waals surface area contributed by atoms with Crippen molar-refractivity contribution in [3.05, 3.63) is 117 Å². The minimum absolute atomic E-state index is 0.00457. The van der Waals surface area contributed by atoms with Gasteiger partial charge in [-0.3, -0.25) is 24.0 Å². The number of rotatable bonds is 13. The number of amides is 1. The van der Waals surface area contributed by atoms with E-state index in [2.05, 4.69) is 56.3 Å². The van der Waals surface area contributed by atoms with Gasteiger partial charge in [-0.05, 0) is 138 Å². The van der Waals surface area contributed by atoms with Crippen LogP contribution in [0.1, 0.15) is 86.7 Å². The minimum Gasteiger partial charge on any atom is -0.493 e. The summed E-state index contributed by atoms with van der Waals surface area (Å²) in [5, 5.41) is 14.1. The Labute approximate surface area is 403 Å². The number of nitro benzene ring substituents is 1. The van der Waals surface area contributed by atoms with E-state index in [4.69, 9.17) is 21.1 Å². The predicted octanol–water partition coefficient (Wildman–Crippen LogP) is 9.67. The third kappa shape index (κ3) is 10.7. The summed E-state index contributed by atoms with van der Waals surface area (Å²) in [6.45, 7) is 8.86. The zero-order chi connectivity index (χ0) is 48.0. The molecule has 17 heteroatoms. The quantitative estimate of drug-likeness (QED) is 0.0652. The van der Waals surface area contributed by atoms with E-state index in [1.807, 2.05) is 18.2 Å². The molecule has 0 spiro atoms. The Hall–Kier alpha value is -5.42. The summed E-state index contributed by atoms with van der Waals surface area (Å²) in [6, 6.07) is 19.1. The summed E-state index contributed by atoms with van der Waals surface area (Å²) in [7, 11) is -6.76. The molecular formula is C51H59ClN6O8S2. The number of aromatic amines is 1. The number of carbonyl (C=O) groups excluding carboxylic acids is 1. The number of carbonyl (C=O) groups is 1. The van der Waals surface area contributed by atoms with Gasteiger partial charge >= 0.3 is 0 Å². The Bertz CT molecular complexity index is 2990. The maximum absolute atomic E-state index is 14.1. The van der Waals surface area contributed by atoms with Gasteiger partial charge in [0.2, 0.25) is 0 Å². The van der Waals surface area contributed by atoms with Crippen LogP contribution in [-0.2, 0) is 26.0 Å². The van der Waals surface area contributed by atoms with Crippen LogP contribution >= 0.6 is 11.6 Å². The lowest BCUT2D eigenvalue weighted by Gasteiger charge is -2.39. The molecule has 2 aliphatic heterocycles. The van der Waals surface area contributed by atoms with E-state index < -0.39 is 35.3 Å². The highest BCUT2D eigenvalue weighted by Gasteiger charge is 2.35. The van der Waals surface area contributed by atoms with Crippen molar-refractivity contribution >= 4 is 70.9 Å². The predicted molar refractivity (Wildman–Crippen MR) is 269 cm³/mol. The number of hydrogen-bond donors (Lipinski definition) is 2. The average molecular weight is 984 g/mol. The van der Waals surface area contributed by atoms with Crippen LogP contribution in [-0.4, -0.2) is 95.0 Å². The largest absolute Gasteiger partial charge is 0.493 e. The highest BCUT2D eigenvalue weighted by molar-refractivity contribution is 8.00. The van der Waals surface area contributed by atoms with Crippen molar-refractivity contribution in [3.63, 3.8) is 0 Å². The molecule has 1 saturated carbocycles. The molecule has 9 rings (SSSR count). The van der Waals surface area contributed by atoms with Gasteiger partial charge in [0.1, 0.15) is 22.9 Å². The van der Waals surface area contributed by atoms with Crippen molar-refractivity contribution in [3.8, 4) is 17.2 Å². The van der Waals surface area contributed by atoms with Crippen LogP contribution in [0.5, 0.6) is 17.2 Å². The maximum Gasteiger partial charge on any atom is 0.277 e. The molecule has 2 N–H and O–H groups in total. The maximum atomic E-state index is 14.1. The number of nitro groups is 1. The molecule has 68 heavy (non-hydrogen) atoms.